The van der Waals surface area contributed by atoms with Crippen LogP contribution < -0.4 is 10.2 Å². The zero-order valence-corrected chi connectivity index (χ0v) is 18.0. The number of hydrogen-bond donors (Lipinski definition) is 2. The van der Waals surface area contributed by atoms with E-state index in [1.54, 1.807) is 41.3 Å². The molecule has 5 rings (SSSR count). The van der Waals surface area contributed by atoms with Crippen LogP contribution in [0, 0.1) is 0 Å². The van der Waals surface area contributed by atoms with Crippen molar-refractivity contribution in [2.75, 3.05) is 16.8 Å². The Morgan fingerprint density at radius 3 is 2.38 bits per heavy atom. The Hall–Kier alpha value is -3.44. The smallest absolute Gasteiger partial charge is 0.265 e. The predicted molar refractivity (Wildman–Crippen MR) is 125 cm³/mol. The van der Waals surface area contributed by atoms with E-state index in [4.69, 9.17) is 0 Å². The van der Waals surface area contributed by atoms with Gasteiger partial charge in [-0.3, -0.25) is 14.5 Å². The summed E-state index contributed by atoms with van der Waals surface area (Å²) in [5.74, 6) is -0.692. The second kappa shape index (κ2) is 7.61. The van der Waals surface area contributed by atoms with E-state index in [1.165, 1.54) is 0 Å². The van der Waals surface area contributed by atoms with E-state index in [0.717, 1.165) is 24.1 Å². The van der Waals surface area contributed by atoms with Gasteiger partial charge in [-0.25, -0.2) is 0 Å². The zero-order chi connectivity index (χ0) is 22.3. The van der Waals surface area contributed by atoms with Gasteiger partial charge in [0.1, 0.15) is 0 Å². The average molecular weight is 427 g/mol. The number of carbonyl (C=O) groups is 2. The quantitative estimate of drug-likeness (QED) is 0.565. The lowest BCUT2D eigenvalue weighted by atomic mass is 9.84. The monoisotopic (exact) mass is 426 g/mol. The Labute approximate surface area is 187 Å². The first-order chi connectivity index (χ1) is 15.5. The van der Waals surface area contributed by atoms with E-state index in [-0.39, 0.29) is 12.2 Å². The minimum atomic E-state index is -1.90. The van der Waals surface area contributed by atoms with Crippen LogP contribution in [-0.4, -0.2) is 23.3 Å². The molecular weight excluding hydrogens is 400 g/mol. The van der Waals surface area contributed by atoms with Crippen molar-refractivity contribution in [3.63, 3.8) is 0 Å². The van der Waals surface area contributed by atoms with Crippen LogP contribution in [0.3, 0.4) is 0 Å². The maximum atomic E-state index is 14.0. The number of rotatable bonds is 6. The Morgan fingerprint density at radius 1 is 0.969 bits per heavy atom. The van der Waals surface area contributed by atoms with Gasteiger partial charge in [0.2, 0.25) is 0 Å². The number of carbonyl (C=O) groups excluding carboxylic acids is 2. The van der Waals surface area contributed by atoms with Crippen LogP contribution in [0.2, 0.25) is 0 Å². The lowest BCUT2D eigenvalue weighted by Crippen LogP contribution is -2.53. The van der Waals surface area contributed by atoms with Gasteiger partial charge < -0.3 is 10.4 Å². The van der Waals surface area contributed by atoms with Gasteiger partial charge >= 0.3 is 0 Å². The zero-order valence-electron chi connectivity index (χ0n) is 18.0. The van der Waals surface area contributed by atoms with E-state index in [2.05, 4.69) is 12.2 Å². The van der Waals surface area contributed by atoms with Crippen LogP contribution in [-0.2, 0) is 15.9 Å². The van der Waals surface area contributed by atoms with Crippen LogP contribution in [0.5, 0.6) is 0 Å². The number of aliphatic hydroxyl groups is 1. The second-order valence-corrected chi connectivity index (χ2v) is 8.66. The summed E-state index contributed by atoms with van der Waals surface area (Å²) in [5.41, 5.74) is 1.18. The maximum Gasteiger partial charge on any atom is 0.265 e. The van der Waals surface area contributed by atoms with Crippen LogP contribution in [0.25, 0.3) is 0 Å². The molecule has 0 saturated heterocycles. The highest BCUT2D eigenvalue weighted by molar-refractivity contribution is 6.12. The summed E-state index contributed by atoms with van der Waals surface area (Å²) in [6.45, 7) is 2.66. The molecule has 2 unspecified atom stereocenters. The normalized spacial score (nSPS) is 23.6. The molecule has 162 valence electrons. The number of benzene rings is 3. The SMILES string of the molecule is CCCC1(N2C(=O)C(O)(CC(=O)c3ccccc3)c3ccccc32)CNc2ccccc21. The number of ketones is 1. The molecule has 0 saturated carbocycles. The first-order valence-electron chi connectivity index (χ1n) is 11.1. The molecule has 0 aromatic heterocycles. The fraction of sp³-hybridized carbons (Fsp3) is 0.259. The Balaban J connectivity index is 1.63. The van der Waals surface area contributed by atoms with Crippen molar-refractivity contribution in [3.05, 3.63) is 95.6 Å². The number of para-hydroxylation sites is 2. The molecule has 3 aromatic rings. The highest BCUT2D eigenvalue weighted by atomic mass is 16.3. The van der Waals surface area contributed by atoms with Gasteiger partial charge in [-0.15, -0.1) is 0 Å². The fourth-order valence-corrected chi connectivity index (χ4v) is 5.31. The second-order valence-electron chi connectivity index (χ2n) is 8.66. The maximum absolute atomic E-state index is 14.0. The molecule has 1 amide bonds. The molecule has 0 aliphatic carbocycles. The van der Waals surface area contributed by atoms with Crippen molar-refractivity contribution in [1.29, 1.82) is 0 Å². The minimum Gasteiger partial charge on any atom is -0.382 e. The molecule has 2 aliphatic heterocycles. The third kappa shape index (κ3) is 2.88. The summed E-state index contributed by atoms with van der Waals surface area (Å²) < 4.78 is 0. The van der Waals surface area contributed by atoms with E-state index >= 15 is 0 Å². The van der Waals surface area contributed by atoms with E-state index < -0.39 is 17.0 Å². The topological polar surface area (TPSA) is 69.6 Å². The van der Waals surface area contributed by atoms with Crippen LogP contribution in [0.15, 0.2) is 78.9 Å². The van der Waals surface area contributed by atoms with Gasteiger partial charge in [-0.1, -0.05) is 80.1 Å². The average Bonchev–Trinajstić information content (AvgIpc) is 3.29. The molecule has 32 heavy (non-hydrogen) atoms. The van der Waals surface area contributed by atoms with Crippen molar-refractivity contribution >= 4 is 23.1 Å². The highest BCUT2D eigenvalue weighted by Crippen LogP contribution is 2.52. The minimum absolute atomic E-state index is 0.257. The molecule has 5 nitrogen and oxygen atoms in total. The van der Waals surface area contributed by atoms with Crippen molar-refractivity contribution < 1.29 is 14.7 Å². The fourth-order valence-electron chi connectivity index (χ4n) is 5.31. The number of anilines is 2. The lowest BCUT2D eigenvalue weighted by Gasteiger charge is -2.40. The Kier molecular flexibility index (Phi) is 4.86. The first kappa shape index (κ1) is 20.5. The van der Waals surface area contributed by atoms with Gasteiger partial charge in [0.05, 0.1) is 17.6 Å². The summed E-state index contributed by atoms with van der Waals surface area (Å²) in [5, 5.41) is 15.2. The molecule has 2 N–H and O–H groups in total. The van der Waals surface area contributed by atoms with Gasteiger partial charge in [0.25, 0.3) is 5.91 Å². The predicted octanol–water partition coefficient (Wildman–Crippen LogP) is 4.61. The Morgan fingerprint density at radius 2 is 1.62 bits per heavy atom. The van der Waals surface area contributed by atoms with Crippen molar-refractivity contribution in [1.82, 2.24) is 0 Å². The first-order valence-corrected chi connectivity index (χ1v) is 11.1. The summed E-state index contributed by atoms with van der Waals surface area (Å²) in [6, 6.07) is 24.2. The van der Waals surface area contributed by atoms with E-state index in [1.807, 2.05) is 42.5 Å². The lowest BCUT2D eigenvalue weighted by molar-refractivity contribution is -0.137. The van der Waals surface area contributed by atoms with Crippen LogP contribution in [0.4, 0.5) is 11.4 Å². The van der Waals surface area contributed by atoms with E-state index in [9.17, 15) is 14.7 Å². The van der Waals surface area contributed by atoms with Gasteiger partial charge in [-0.05, 0) is 18.6 Å². The standard InChI is InChI=1S/C27H26N2O3/c1-2-16-26(18-28-22-14-8-6-12-20(22)26)29-23-15-9-7-13-21(23)27(32,25(29)31)17-24(30)19-10-4-3-5-11-19/h3-15,28,32H,2,16-18H2,1H3. The van der Waals surface area contributed by atoms with Gasteiger partial charge in [-0.2, -0.15) is 0 Å². The number of hydrogen-bond acceptors (Lipinski definition) is 4. The van der Waals surface area contributed by atoms with E-state index in [0.29, 0.717) is 23.4 Å². The highest BCUT2D eigenvalue weighted by Gasteiger charge is 2.58. The molecule has 2 atom stereocenters. The van der Waals surface area contributed by atoms with Crippen molar-refractivity contribution in [2.24, 2.45) is 0 Å². The summed E-state index contributed by atoms with van der Waals surface area (Å²) in [4.78, 5) is 28.8. The van der Waals surface area contributed by atoms with Gasteiger partial charge in [0.15, 0.2) is 11.4 Å². The number of fused-ring (bicyclic) bond motifs is 2. The van der Waals surface area contributed by atoms with Crippen molar-refractivity contribution in [2.45, 2.75) is 37.3 Å². The van der Waals surface area contributed by atoms with Gasteiger partial charge in [0, 0.05) is 28.9 Å². The third-order valence-corrected chi connectivity index (χ3v) is 6.75. The third-order valence-electron chi connectivity index (χ3n) is 6.75. The number of amides is 1. The Bertz CT molecular complexity index is 1190. The molecule has 3 aromatic carbocycles. The van der Waals surface area contributed by atoms with Crippen LogP contribution >= 0.6 is 0 Å². The number of nitrogens with one attached hydrogen (secondary N) is 1. The summed E-state index contributed by atoms with van der Waals surface area (Å²) in [7, 11) is 0. The molecule has 0 radical (unpaired) electrons. The van der Waals surface area contributed by atoms with Crippen molar-refractivity contribution in [3.8, 4) is 0 Å². The van der Waals surface area contributed by atoms with Crippen LogP contribution in [0.1, 0.15) is 47.7 Å². The molecule has 0 bridgehead atoms. The summed E-state index contributed by atoms with van der Waals surface area (Å²) in [6.07, 6.45) is 1.31. The molecule has 5 heteroatoms. The molecule has 2 aliphatic rings. The molecule has 0 fully saturated rings. The number of Topliss-reactive ketones (excluding diaryl/α,β-unsaturated/α-hetero) is 1. The largest absolute Gasteiger partial charge is 0.382 e. The molecule has 2 heterocycles. The molecular formula is C27H26N2O3. The number of nitrogens with zero attached hydrogens (tertiary/aromatic N) is 1. The molecule has 0 spiro atoms. The summed E-state index contributed by atoms with van der Waals surface area (Å²) >= 11 is 0.